The van der Waals surface area contributed by atoms with E-state index in [4.69, 9.17) is 15.2 Å². The molecule has 0 radical (unpaired) electrons. The molecule has 4 nitrogen and oxygen atoms in total. The molecule has 1 aliphatic rings. The van der Waals surface area contributed by atoms with Crippen molar-refractivity contribution < 1.29 is 9.47 Å². The van der Waals surface area contributed by atoms with Gasteiger partial charge in [-0.2, -0.15) is 0 Å². The van der Waals surface area contributed by atoms with Gasteiger partial charge in [0.25, 0.3) is 0 Å². The summed E-state index contributed by atoms with van der Waals surface area (Å²) in [6.07, 6.45) is 0. The van der Waals surface area contributed by atoms with E-state index in [2.05, 4.69) is 4.90 Å². The van der Waals surface area contributed by atoms with E-state index in [-0.39, 0.29) is 0 Å². The maximum atomic E-state index is 5.94. The van der Waals surface area contributed by atoms with Gasteiger partial charge in [0.1, 0.15) is 12.4 Å². The van der Waals surface area contributed by atoms with Crippen LogP contribution in [-0.2, 0) is 4.74 Å². The van der Waals surface area contributed by atoms with Crippen molar-refractivity contribution in [3.8, 4) is 5.75 Å². The van der Waals surface area contributed by atoms with E-state index in [1.54, 1.807) is 0 Å². The normalized spacial score (nSPS) is 17.0. The van der Waals surface area contributed by atoms with Gasteiger partial charge in [0.05, 0.1) is 18.9 Å². The van der Waals surface area contributed by atoms with Crippen molar-refractivity contribution in [1.29, 1.82) is 0 Å². The molecule has 1 aromatic rings. The highest BCUT2D eigenvalue weighted by Gasteiger charge is 2.10. The Balaban J connectivity index is 1.79. The van der Waals surface area contributed by atoms with Crippen LogP contribution in [-0.4, -0.2) is 44.4 Å². The Kier molecular flexibility index (Phi) is 4.23. The van der Waals surface area contributed by atoms with Crippen LogP contribution < -0.4 is 10.5 Å². The number of rotatable bonds is 4. The highest BCUT2D eigenvalue weighted by atomic mass is 16.5. The Morgan fingerprint density at radius 3 is 2.88 bits per heavy atom. The summed E-state index contributed by atoms with van der Waals surface area (Å²) in [7, 11) is 0. The molecule has 1 fully saturated rings. The van der Waals surface area contributed by atoms with Crippen molar-refractivity contribution in [2.24, 2.45) is 0 Å². The number of hydrogen-bond acceptors (Lipinski definition) is 4. The second-order valence-electron chi connectivity index (χ2n) is 4.29. The first kappa shape index (κ1) is 12.2. The van der Waals surface area contributed by atoms with Crippen LogP contribution in [0.5, 0.6) is 5.75 Å². The number of anilines is 1. The third-order valence-electron chi connectivity index (χ3n) is 3.05. The zero-order valence-electron chi connectivity index (χ0n) is 10.3. The summed E-state index contributed by atoms with van der Waals surface area (Å²) in [4.78, 5) is 2.34. The number of para-hydroxylation sites is 1. The third-order valence-corrected chi connectivity index (χ3v) is 3.05. The molecule has 0 unspecified atom stereocenters. The van der Waals surface area contributed by atoms with E-state index in [0.29, 0.717) is 6.61 Å². The molecule has 0 aliphatic carbocycles. The van der Waals surface area contributed by atoms with Gasteiger partial charge in [0.15, 0.2) is 0 Å². The number of nitrogens with zero attached hydrogens (tertiary/aromatic N) is 1. The molecule has 1 saturated heterocycles. The number of nitrogens with two attached hydrogens (primary N) is 1. The zero-order chi connectivity index (χ0) is 12.1. The first-order chi connectivity index (χ1) is 8.27. The van der Waals surface area contributed by atoms with Crippen molar-refractivity contribution in [2.45, 2.75) is 6.92 Å². The SMILES string of the molecule is Cc1cccc(OCCN2CCOCC2)c1N. The summed E-state index contributed by atoms with van der Waals surface area (Å²) in [6.45, 7) is 7.23. The predicted octanol–water partition coefficient (Wildman–Crippen LogP) is 1.29. The van der Waals surface area contributed by atoms with Crippen LogP contribution in [0.2, 0.25) is 0 Å². The molecule has 2 N–H and O–H groups in total. The Bertz CT molecular complexity index is 362. The predicted molar refractivity (Wildman–Crippen MR) is 68.3 cm³/mol. The second kappa shape index (κ2) is 5.89. The van der Waals surface area contributed by atoms with Crippen LogP contribution in [0.1, 0.15) is 5.56 Å². The van der Waals surface area contributed by atoms with Gasteiger partial charge in [-0.15, -0.1) is 0 Å². The summed E-state index contributed by atoms with van der Waals surface area (Å²) in [6, 6.07) is 5.88. The Labute approximate surface area is 102 Å². The Hall–Kier alpha value is -1.26. The van der Waals surface area contributed by atoms with Gasteiger partial charge in [-0.3, -0.25) is 4.90 Å². The highest BCUT2D eigenvalue weighted by molar-refractivity contribution is 5.57. The van der Waals surface area contributed by atoms with Crippen LogP contribution in [0.4, 0.5) is 5.69 Å². The molecular formula is C13H20N2O2. The van der Waals surface area contributed by atoms with Crippen LogP contribution in [0.25, 0.3) is 0 Å². The molecule has 94 valence electrons. The summed E-state index contributed by atoms with van der Waals surface area (Å²) in [5.41, 5.74) is 7.75. The van der Waals surface area contributed by atoms with Crippen molar-refractivity contribution in [1.82, 2.24) is 4.90 Å². The summed E-state index contributed by atoms with van der Waals surface area (Å²) < 4.78 is 11.0. The van der Waals surface area contributed by atoms with Crippen LogP contribution in [0.3, 0.4) is 0 Å². The molecule has 0 bridgehead atoms. The minimum absolute atomic E-state index is 0.674. The molecule has 2 rings (SSSR count). The standard InChI is InChI=1S/C13H20N2O2/c1-11-3-2-4-12(13(11)14)17-10-7-15-5-8-16-9-6-15/h2-4H,5-10,14H2,1H3. The van der Waals surface area contributed by atoms with Gasteiger partial charge >= 0.3 is 0 Å². The Morgan fingerprint density at radius 2 is 2.12 bits per heavy atom. The molecular weight excluding hydrogens is 216 g/mol. The van der Waals surface area contributed by atoms with E-state index < -0.39 is 0 Å². The van der Waals surface area contributed by atoms with Crippen LogP contribution in [0, 0.1) is 6.92 Å². The molecule has 0 atom stereocenters. The minimum Gasteiger partial charge on any atom is -0.490 e. The van der Waals surface area contributed by atoms with E-state index in [9.17, 15) is 0 Å². The van der Waals surface area contributed by atoms with Gasteiger partial charge in [-0.1, -0.05) is 12.1 Å². The minimum atomic E-state index is 0.674. The number of aryl methyl sites for hydroxylation is 1. The van der Waals surface area contributed by atoms with Crippen molar-refractivity contribution in [3.63, 3.8) is 0 Å². The van der Waals surface area contributed by atoms with Crippen molar-refractivity contribution in [2.75, 3.05) is 45.2 Å². The third kappa shape index (κ3) is 3.35. The molecule has 1 aliphatic heterocycles. The average Bonchev–Trinajstić information content (AvgIpc) is 2.36. The monoisotopic (exact) mass is 236 g/mol. The first-order valence-electron chi connectivity index (χ1n) is 6.05. The number of benzene rings is 1. The quantitative estimate of drug-likeness (QED) is 0.800. The van der Waals surface area contributed by atoms with Crippen LogP contribution in [0.15, 0.2) is 18.2 Å². The van der Waals surface area contributed by atoms with Crippen molar-refractivity contribution >= 4 is 5.69 Å². The molecule has 0 aromatic heterocycles. The number of ether oxygens (including phenoxy) is 2. The molecule has 1 heterocycles. The zero-order valence-corrected chi connectivity index (χ0v) is 10.3. The fraction of sp³-hybridized carbons (Fsp3) is 0.538. The molecule has 0 spiro atoms. The molecule has 0 saturated carbocycles. The Morgan fingerprint density at radius 1 is 1.35 bits per heavy atom. The summed E-state index contributed by atoms with van der Waals surface area (Å²) in [5.74, 6) is 0.790. The lowest BCUT2D eigenvalue weighted by molar-refractivity contribution is 0.0323. The largest absolute Gasteiger partial charge is 0.490 e. The second-order valence-corrected chi connectivity index (χ2v) is 4.29. The van der Waals surface area contributed by atoms with Gasteiger partial charge in [-0.25, -0.2) is 0 Å². The number of nitrogen functional groups attached to an aromatic ring is 1. The smallest absolute Gasteiger partial charge is 0.142 e. The van der Waals surface area contributed by atoms with E-state index in [1.807, 2.05) is 25.1 Å². The maximum Gasteiger partial charge on any atom is 0.142 e. The maximum absolute atomic E-state index is 5.94. The lowest BCUT2D eigenvalue weighted by Gasteiger charge is -2.26. The fourth-order valence-corrected chi connectivity index (χ4v) is 1.89. The van der Waals surface area contributed by atoms with Gasteiger partial charge < -0.3 is 15.2 Å². The average molecular weight is 236 g/mol. The van der Waals surface area contributed by atoms with Gasteiger partial charge in [-0.05, 0) is 18.6 Å². The first-order valence-corrected chi connectivity index (χ1v) is 6.05. The topological polar surface area (TPSA) is 47.7 Å². The molecule has 1 aromatic carbocycles. The van der Waals surface area contributed by atoms with E-state index in [0.717, 1.165) is 49.8 Å². The summed E-state index contributed by atoms with van der Waals surface area (Å²) in [5, 5.41) is 0. The van der Waals surface area contributed by atoms with Gasteiger partial charge in [0.2, 0.25) is 0 Å². The number of hydrogen-bond donors (Lipinski definition) is 1. The van der Waals surface area contributed by atoms with Crippen LogP contribution >= 0.6 is 0 Å². The van der Waals surface area contributed by atoms with E-state index >= 15 is 0 Å². The van der Waals surface area contributed by atoms with Gasteiger partial charge in [0, 0.05) is 19.6 Å². The lowest BCUT2D eigenvalue weighted by Crippen LogP contribution is -2.38. The fourth-order valence-electron chi connectivity index (χ4n) is 1.89. The highest BCUT2D eigenvalue weighted by Crippen LogP contribution is 2.24. The molecule has 17 heavy (non-hydrogen) atoms. The molecule has 0 amide bonds. The lowest BCUT2D eigenvalue weighted by atomic mass is 10.2. The van der Waals surface area contributed by atoms with Crippen molar-refractivity contribution in [3.05, 3.63) is 23.8 Å². The molecule has 4 heteroatoms. The summed E-state index contributed by atoms with van der Waals surface area (Å²) >= 11 is 0. The number of morpholine rings is 1. The van der Waals surface area contributed by atoms with E-state index in [1.165, 1.54) is 0 Å².